The van der Waals surface area contributed by atoms with Gasteiger partial charge >= 0.3 is 6.09 Å². The van der Waals surface area contributed by atoms with Crippen molar-refractivity contribution in [3.05, 3.63) is 29.3 Å². The highest BCUT2D eigenvalue weighted by atomic mass is 16.4. The van der Waals surface area contributed by atoms with Gasteiger partial charge in [0.15, 0.2) is 0 Å². The summed E-state index contributed by atoms with van der Waals surface area (Å²) < 4.78 is 0. The molecule has 160 valence electrons. The van der Waals surface area contributed by atoms with E-state index in [1.807, 2.05) is 20.0 Å². The molecule has 1 heterocycles. The molecule has 1 atom stereocenters. The van der Waals surface area contributed by atoms with Gasteiger partial charge in [-0.05, 0) is 62.8 Å². The molecule has 2 fully saturated rings. The molecular weight excluding hydrogens is 370 g/mol. The molecule has 0 spiro atoms. The van der Waals surface area contributed by atoms with Crippen LogP contribution < -0.4 is 4.90 Å². The number of piperazine rings is 1. The van der Waals surface area contributed by atoms with Crippen LogP contribution in [0, 0.1) is 12.8 Å². The summed E-state index contributed by atoms with van der Waals surface area (Å²) in [5.74, 6) is 0.123. The molecule has 1 aliphatic heterocycles. The average Bonchev–Trinajstić information content (AvgIpc) is 2.69. The maximum Gasteiger partial charge on any atom is 0.407 e. The van der Waals surface area contributed by atoms with E-state index in [0.29, 0.717) is 19.4 Å². The Morgan fingerprint density at radius 1 is 1.17 bits per heavy atom. The fourth-order valence-electron chi connectivity index (χ4n) is 4.49. The molecule has 1 saturated carbocycles. The second kappa shape index (κ2) is 9.13. The lowest BCUT2D eigenvalue weighted by Crippen LogP contribution is -2.53. The van der Waals surface area contributed by atoms with Crippen molar-refractivity contribution in [2.24, 2.45) is 5.92 Å². The lowest BCUT2D eigenvalue weighted by Gasteiger charge is -2.38. The molecule has 7 heteroatoms. The van der Waals surface area contributed by atoms with Crippen LogP contribution in [0.4, 0.5) is 10.5 Å². The summed E-state index contributed by atoms with van der Waals surface area (Å²) in [5, 5.41) is 18.9. The van der Waals surface area contributed by atoms with E-state index in [1.54, 1.807) is 4.90 Å². The molecule has 1 aromatic carbocycles. The Hall–Kier alpha value is -2.12. The zero-order valence-corrected chi connectivity index (χ0v) is 17.7. The Kier molecular flexibility index (Phi) is 6.80. The zero-order valence-electron chi connectivity index (χ0n) is 17.7. The monoisotopic (exact) mass is 403 g/mol. The molecule has 3 rings (SSSR count). The zero-order chi connectivity index (χ0) is 21.1. The van der Waals surface area contributed by atoms with Crippen LogP contribution in [0.3, 0.4) is 0 Å². The van der Waals surface area contributed by atoms with E-state index in [4.69, 9.17) is 0 Å². The van der Waals surface area contributed by atoms with Crippen molar-refractivity contribution < 1.29 is 19.8 Å². The van der Waals surface area contributed by atoms with E-state index in [0.717, 1.165) is 43.7 Å². The summed E-state index contributed by atoms with van der Waals surface area (Å²) >= 11 is 0. The van der Waals surface area contributed by atoms with Crippen molar-refractivity contribution >= 4 is 17.7 Å². The summed E-state index contributed by atoms with van der Waals surface area (Å²) in [6, 6.07) is 6.11. The molecule has 29 heavy (non-hydrogen) atoms. The second-order valence-electron chi connectivity index (χ2n) is 8.57. The molecule has 1 aromatic rings. The third-order valence-corrected chi connectivity index (χ3v) is 6.44. The van der Waals surface area contributed by atoms with Crippen molar-refractivity contribution in [3.8, 4) is 0 Å². The van der Waals surface area contributed by atoms with Crippen LogP contribution >= 0.6 is 0 Å². The number of benzene rings is 1. The second-order valence-corrected chi connectivity index (χ2v) is 8.57. The van der Waals surface area contributed by atoms with E-state index in [9.17, 15) is 19.8 Å². The van der Waals surface area contributed by atoms with Crippen molar-refractivity contribution in [3.63, 3.8) is 0 Å². The van der Waals surface area contributed by atoms with Crippen LogP contribution in [0.2, 0.25) is 0 Å². The number of aliphatic hydroxyl groups excluding tert-OH is 1. The fraction of sp³-hybridized carbons (Fsp3) is 0.636. The molecule has 0 unspecified atom stereocenters. The highest BCUT2D eigenvalue weighted by Gasteiger charge is 2.29. The first kappa shape index (κ1) is 21.6. The number of carbonyl (C=O) groups is 2. The van der Waals surface area contributed by atoms with Gasteiger partial charge in [0.25, 0.3) is 0 Å². The summed E-state index contributed by atoms with van der Waals surface area (Å²) in [6.07, 6.45) is 1.80. The molecule has 2 aliphatic rings. The standard InChI is InChI=1S/C22H33N3O4/c1-15-12-19(23(3)21(27)17-5-8-20(26)9-6-17)7-4-18(15)14-24-10-11-25(22(28)29)16(2)13-24/h4,7,12,16-17,20,26H,5-6,8-11,13-14H2,1-3H3,(H,28,29)/t16-,17?,20?/m0/s1. The maximum absolute atomic E-state index is 12.8. The number of aryl methyl sites for hydroxylation is 1. The van der Waals surface area contributed by atoms with Gasteiger partial charge in [0.1, 0.15) is 0 Å². The normalized spacial score (nSPS) is 25.7. The quantitative estimate of drug-likeness (QED) is 0.808. The van der Waals surface area contributed by atoms with Crippen LogP contribution in [0.1, 0.15) is 43.7 Å². The minimum absolute atomic E-state index is 0.00426. The number of anilines is 1. The van der Waals surface area contributed by atoms with E-state index >= 15 is 0 Å². The Balaban J connectivity index is 1.61. The third kappa shape index (κ3) is 5.08. The van der Waals surface area contributed by atoms with Crippen LogP contribution in [0.5, 0.6) is 0 Å². The predicted octanol–water partition coefficient (Wildman–Crippen LogP) is 2.69. The predicted molar refractivity (Wildman–Crippen MR) is 112 cm³/mol. The van der Waals surface area contributed by atoms with Gasteiger partial charge in [-0.15, -0.1) is 0 Å². The van der Waals surface area contributed by atoms with Gasteiger partial charge in [-0.2, -0.15) is 0 Å². The molecule has 7 nitrogen and oxygen atoms in total. The van der Waals surface area contributed by atoms with Crippen LogP contribution in [0.15, 0.2) is 18.2 Å². The van der Waals surface area contributed by atoms with Crippen molar-refractivity contribution in [2.75, 3.05) is 31.6 Å². The molecular formula is C22H33N3O4. The number of carboxylic acid groups (broad SMARTS) is 1. The number of amides is 2. The Morgan fingerprint density at radius 2 is 1.86 bits per heavy atom. The van der Waals surface area contributed by atoms with Crippen LogP contribution in [0.25, 0.3) is 0 Å². The number of hydrogen-bond donors (Lipinski definition) is 2. The van der Waals surface area contributed by atoms with Gasteiger partial charge in [-0.25, -0.2) is 4.79 Å². The Morgan fingerprint density at radius 3 is 2.45 bits per heavy atom. The lowest BCUT2D eigenvalue weighted by molar-refractivity contribution is -0.123. The van der Waals surface area contributed by atoms with Gasteiger partial charge in [-0.1, -0.05) is 6.07 Å². The smallest absolute Gasteiger partial charge is 0.407 e. The van der Waals surface area contributed by atoms with E-state index in [2.05, 4.69) is 24.0 Å². The first-order chi connectivity index (χ1) is 13.8. The van der Waals surface area contributed by atoms with E-state index < -0.39 is 6.09 Å². The summed E-state index contributed by atoms with van der Waals surface area (Å²) in [5.41, 5.74) is 3.23. The minimum atomic E-state index is -0.849. The van der Waals surface area contributed by atoms with Gasteiger partial charge in [-0.3, -0.25) is 9.69 Å². The van der Waals surface area contributed by atoms with E-state index in [1.165, 1.54) is 10.5 Å². The van der Waals surface area contributed by atoms with Crippen molar-refractivity contribution in [1.29, 1.82) is 0 Å². The Labute approximate surface area is 172 Å². The molecule has 1 aliphatic carbocycles. The highest BCUT2D eigenvalue weighted by Crippen LogP contribution is 2.28. The highest BCUT2D eigenvalue weighted by molar-refractivity contribution is 5.94. The summed E-state index contributed by atoms with van der Waals surface area (Å²) in [7, 11) is 1.83. The van der Waals surface area contributed by atoms with Crippen molar-refractivity contribution in [1.82, 2.24) is 9.80 Å². The maximum atomic E-state index is 12.8. The van der Waals surface area contributed by atoms with Gasteiger partial charge in [0.05, 0.1) is 6.10 Å². The third-order valence-electron chi connectivity index (χ3n) is 6.44. The van der Waals surface area contributed by atoms with Crippen LogP contribution in [-0.4, -0.2) is 70.8 Å². The fourth-order valence-corrected chi connectivity index (χ4v) is 4.49. The molecule has 0 bridgehead atoms. The van der Waals surface area contributed by atoms with Crippen molar-refractivity contribution in [2.45, 2.75) is 58.2 Å². The molecule has 0 aromatic heterocycles. The molecule has 0 radical (unpaired) electrons. The molecule has 2 N–H and O–H groups in total. The largest absolute Gasteiger partial charge is 0.465 e. The van der Waals surface area contributed by atoms with Gasteiger partial charge < -0.3 is 20.0 Å². The SMILES string of the molecule is Cc1cc(N(C)C(=O)C2CCC(O)CC2)ccc1CN1CCN(C(=O)O)[C@@H](C)C1. The molecule has 1 saturated heterocycles. The number of aliphatic hydroxyl groups is 1. The first-order valence-electron chi connectivity index (χ1n) is 10.5. The average molecular weight is 404 g/mol. The number of carbonyl (C=O) groups excluding carboxylic acids is 1. The minimum Gasteiger partial charge on any atom is -0.465 e. The number of hydrogen-bond acceptors (Lipinski definition) is 4. The Bertz CT molecular complexity index is 746. The van der Waals surface area contributed by atoms with Gasteiger partial charge in [0, 0.05) is 50.9 Å². The first-order valence-corrected chi connectivity index (χ1v) is 10.5. The summed E-state index contributed by atoms with van der Waals surface area (Å²) in [4.78, 5) is 29.6. The summed E-state index contributed by atoms with van der Waals surface area (Å²) in [6.45, 7) is 6.76. The van der Waals surface area contributed by atoms with Crippen LogP contribution in [-0.2, 0) is 11.3 Å². The lowest BCUT2D eigenvalue weighted by atomic mass is 9.86. The van der Waals surface area contributed by atoms with E-state index in [-0.39, 0.29) is 24.0 Å². The van der Waals surface area contributed by atoms with Gasteiger partial charge in [0.2, 0.25) is 5.91 Å². The number of nitrogens with zero attached hydrogens (tertiary/aromatic N) is 3. The molecule has 2 amide bonds. The number of rotatable bonds is 4. The topological polar surface area (TPSA) is 84.3 Å².